The highest BCUT2D eigenvalue weighted by atomic mass is 32.2. The minimum Gasteiger partial charge on any atom is -0.490 e. The Morgan fingerprint density at radius 1 is 0.373 bits per heavy atom. The highest BCUT2D eigenvalue weighted by molar-refractivity contribution is 7.92. The normalized spacial score (nSPS) is 12.9. The lowest BCUT2D eigenvalue weighted by molar-refractivity contribution is 0.255. The molecule has 1 aliphatic rings. The molecule has 2 aromatic carbocycles. The van der Waals surface area contributed by atoms with Crippen LogP contribution in [0.1, 0.15) is 182 Å². The van der Waals surface area contributed by atoms with Crippen LogP contribution in [0.15, 0.2) is 34.1 Å². The Morgan fingerprint density at radius 3 is 0.961 bits per heavy atom. The fourth-order valence-electron chi connectivity index (χ4n) is 6.89. The first-order valence-electron chi connectivity index (χ1n) is 21.1. The summed E-state index contributed by atoms with van der Waals surface area (Å²) in [6.07, 6.45) is 27.8. The van der Waals surface area contributed by atoms with Crippen LogP contribution in [0.2, 0.25) is 0 Å². The third kappa shape index (κ3) is 14.2. The molecule has 0 spiro atoms. The molecule has 7 heteroatoms. The maximum Gasteiger partial charge on any atom is 0.208 e. The van der Waals surface area contributed by atoms with E-state index in [1.807, 2.05) is 0 Å². The second kappa shape index (κ2) is 25.5. The van der Waals surface area contributed by atoms with Crippen LogP contribution in [0.3, 0.4) is 0 Å². The molecule has 51 heavy (non-hydrogen) atoms. The molecule has 0 amide bonds. The van der Waals surface area contributed by atoms with Gasteiger partial charge < -0.3 is 18.9 Å². The molecule has 1 heterocycles. The summed E-state index contributed by atoms with van der Waals surface area (Å²) in [4.78, 5) is 0.528. The first-order valence-corrected chi connectivity index (χ1v) is 22.6. The number of hydrogen-bond acceptors (Lipinski definition) is 6. The molecule has 6 nitrogen and oxygen atoms in total. The van der Waals surface area contributed by atoms with Crippen molar-refractivity contribution >= 4 is 9.84 Å². The first-order chi connectivity index (χ1) is 25.0. The van der Waals surface area contributed by atoms with Crippen molar-refractivity contribution < 1.29 is 27.4 Å². The van der Waals surface area contributed by atoms with E-state index in [2.05, 4.69) is 27.7 Å². The second-order valence-corrected chi connectivity index (χ2v) is 16.4. The highest BCUT2D eigenvalue weighted by Crippen LogP contribution is 2.57. The lowest BCUT2D eigenvalue weighted by atomic mass is 10.0. The average molecular weight is 729 g/mol. The highest BCUT2D eigenvalue weighted by Gasteiger charge is 2.40. The SMILES string of the molecule is CCCCCCCCOc1ccc2c(c1OCCCCCCCC)-c1c(ccc(OCCCCCCCC)c1OCCCCCCCC)S2(=O)=O. The Hall–Kier alpha value is -2.41. The van der Waals surface area contributed by atoms with Gasteiger partial charge >= 0.3 is 0 Å². The zero-order valence-corrected chi connectivity index (χ0v) is 33.8. The summed E-state index contributed by atoms with van der Waals surface area (Å²) in [5.74, 6) is 2.26. The van der Waals surface area contributed by atoms with Crippen molar-refractivity contribution in [3.63, 3.8) is 0 Å². The lowest BCUT2D eigenvalue weighted by Gasteiger charge is -2.19. The zero-order valence-electron chi connectivity index (χ0n) is 33.0. The summed E-state index contributed by atoms with van der Waals surface area (Å²) in [5, 5.41) is 0. The summed E-state index contributed by atoms with van der Waals surface area (Å²) in [6, 6.07) is 6.99. The van der Waals surface area contributed by atoms with Gasteiger partial charge in [-0.1, -0.05) is 156 Å². The second-order valence-electron chi connectivity index (χ2n) is 14.5. The number of sulfone groups is 1. The minimum atomic E-state index is -3.78. The molecule has 0 atom stereocenters. The molecule has 0 aliphatic carbocycles. The molecule has 0 N–H and O–H groups in total. The molecule has 0 fully saturated rings. The van der Waals surface area contributed by atoms with E-state index >= 15 is 0 Å². The van der Waals surface area contributed by atoms with Gasteiger partial charge in [0.05, 0.1) is 47.3 Å². The van der Waals surface area contributed by atoms with Crippen molar-refractivity contribution in [1.29, 1.82) is 0 Å². The molecule has 0 saturated heterocycles. The van der Waals surface area contributed by atoms with Gasteiger partial charge in [0, 0.05) is 0 Å². The van der Waals surface area contributed by atoms with E-state index in [-0.39, 0.29) is 9.79 Å². The Balaban J connectivity index is 1.93. The number of rotatable bonds is 32. The smallest absolute Gasteiger partial charge is 0.208 e. The van der Waals surface area contributed by atoms with Crippen LogP contribution in [-0.4, -0.2) is 34.8 Å². The van der Waals surface area contributed by atoms with E-state index in [9.17, 15) is 8.42 Å². The van der Waals surface area contributed by atoms with E-state index in [1.54, 1.807) is 24.3 Å². The molecule has 0 radical (unpaired) electrons. The Morgan fingerprint density at radius 2 is 0.647 bits per heavy atom. The van der Waals surface area contributed by atoms with Gasteiger partial charge in [0.2, 0.25) is 9.84 Å². The maximum atomic E-state index is 14.1. The Kier molecular flexibility index (Phi) is 21.5. The molecule has 3 rings (SSSR count). The Labute approximate surface area is 312 Å². The van der Waals surface area contributed by atoms with Crippen LogP contribution in [0.5, 0.6) is 23.0 Å². The van der Waals surface area contributed by atoms with Crippen LogP contribution >= 0.6 is 0 Å². The van der Waals surface area contributed by atoms with Crippen molar-refractivity contribution in [2.24, 2.45) is 0 Å². The minimum absolute atomic E-state index is 0.264. The van der Waals surface area contributed by atoms with Crippen molar-refractivity contribution in [2.45, 2.75) is 192 Å². The van der Waals surface area contributed by atoms with Crippen molar-refractivity contribution in [2.75, 3.05) is 26.4 Å². The summed E-state index contributed by atoms with van der Waals surface area (Å²) in [7, 11) is -3.78. The van der Waals surface area contributed by atoms with Gasteiger partial charge in [0.25, 0.3) is 0 Å². The third-order valence-electron chi connectivity index (χ3n) is 10.00. The molecular weight excluding hydrogens is 657 g/mol. The quantitative estimate of drug-likeness (QED) is 0.0596. The molecule has 0 bridgehead atoms. The number of fused-ring (bicyclic) bond motifs is 3. The van der Waals surface area contributed by atoms with Crippen LogP contribution in [0.4, 0.5) is 0 Å². The topological polar surface area (TPSA) is 71.1 Å². The zero-order chi connectivity index (χ0) is 36.6. The van der Waals surface area contributed by atoms with Gasteiger partial charge in [-0.05, 0) is 49.9 Å². The van der Waals surface area contributed by atoms with E-state index in [4.69, 9.17) is 18.9 Å². The van der Waals surface area contributed by atoms with Crippen LogP contribution in [0, 0.1) is 0 Å². The van der Waals surface area contributed by atoms with Gasteiger partial charge in [-0.2, -0.15) is 0 Å². The van der Waals surface area contributed by atoms with Crippen LogP contribution in [-0.2, 0) is 9.84 Å². The fraction of sp³-hybridized carbons (Fsp3) is 0.727. The number of ether oxygens (including phenoxy) is 4. The predicted molar refractivity (Wildman–Crippen MR) is 213 cm³/mol. The molecule has 0 unspecified atom stereocenters. The maximum absolute atomic E-state index is 14.1. The lowest BCUT2D eigenvalue weighted by Crippen LogP contribution is -2.06. The standard InChI is InChI=1S/C44H72O6S/c1-5-9-13-17-21-25-33-47-37-29-31-39-41(43(37)49-35-27-23-19-15-11-7-3)42-40(51(39,45)46)32-30-38(48-34-26-22-18-14-10-6-2)44(42)50-36-28-24-20-16-12-8-4/h29-32H,5-28,33-36H2,1-4H3. The van der Waals surface area contributed by atoms with E-state index in [0.717, 1.165) is 51.4 Å². The number of unbranched alkanes of at least 4 members (excludes halogenated alkanes) is 20. The van der Waals surface area contributed by atoms with E-state index in [1.165, 1.54) is 103 Å². The molecular formula is C44H72O6S. The van der Waals surface area contributed by atoms with Gasteiger partial charge in [-0.15, -0.1) is 0 Å². The molecule has 0 saturated carbocycles. The average Bonchev–Trinajstić information content (AvgIpc) is 3.36. The third-order valence-corrected chi connectivity index (χ3v) is 11.8. The van der Waals surface area contributed by atoms with Crippen LogP contribution < -0.4 is 18.9 Å². The summed E-state index contributed by atoms with van der Waals surface area (Å²) in [6.45, 7) is 11.1. The predicted octanol–water partition coefficient (Wildman–Crippen LogP) is 13.5. The Bertz CT molecular complexity index is 1240. The fourth-order valence-corrected chi connectivity index (χ4v) is 8.55. The summed E-state index contributed by atoms with van der Waals surface area (Å²) in [5.41, 5.74) is 1.14. The largest absolute Gasteiger partial charge is 0.490 e. The van der Waals surface area contributed by atoms with Crippen molar-refractivity contribution in [1.82, 2.24) is 0 Å². The number of hydrogen-bond donors (Lipinski definition) is 0. The molecule has 290 valence electrons. The summed E-state index contributed by atoms with van der Waals surface area (Å²) < 4.78 is 54.2. The van der Waals surface area contributed by atoms with E-state index in [0.29, 0.717) is 60.6 Å². The molecule has 2 aromatic rings. The molecule has 0 aromatic heterocycles. The van der Waals surface area contributed by atoms with Crippen molar-refractivity contribution in [3.8, 4) is 34.1 Å². The van der Waals surface area contributed by atoms with Gasteiger partial charge in [0.15, 0.2) is 23.0 Å². The van der Waals surface area contributed by atoms with Gasteiger partial charge in [-0.3, -0.25) is 0 Å². The summed E-state index contributed by atoms with van der Waals surface area (Å²) >= 11 is 0. The van der Waals surface area contributed by atoms with Gasteiger partial charge in [-0.25, -0.2) is 8.42 Å². The van der Waals surface area contributed by atoms with E-state index < -0.39 is 9.84 Å². The first kappa shape index (κ1) is 43.0. The van der Waals surface area contributed by atoms with Crippen LogP contribution in [0.25, 0.3) is 11.1 Å². The molecule has 1 aliphatic heterocycles. The monoisotopic (exact) mass is 729 g/mol. The van der Waals surface area contributed by atoms with Gasteiger partial charge in [0.1, 0.15) is 0 Å². The van der Waals surface area contributed by atoms with Crippen molar-refractivity contribution in [3.05, 3.63) is 24.3 Å². The number of benzene rings is 2.